The zero-order valence-electron chi connectivity index (χ0n) is 11.2. The molecule has 2 aromatic carbocycles. The summed E-state index contributed by atoms with van der Waals surface area (Å²) < 4.78 is 26.6. The Labute approximate surface area is 120 Å². The third-order valence-corrected chi connectivity index (χ3v) is 3.92. The number of aromatic nitrogens is 2. The summed E-state index contributed by atoms with van der Waals surface area (Å²) in [4.78, 5) is 7.50. The number of nitrogens with one attached hydrogen (secondary N) is 2. The van der Waals surface area contributed by atoms with Crippen molar-refractivity contribution in [1.82, 2.24) is 15.3 Å². The molecule has 2 heterocycles. The molecule has 0 atom stereocenters. The van der Waals surface area contributed by atoms with Gasteiger partial charge in [0.2, 0.25) is 0 Å². The first-order chi connectivity index (χ1) is 10.2. The fourth-order valence-electron chi connectivity index (χ4n) is 2.89. The van der Waals surface area contributed by atoms with Gasteiger partial charge in [-0.05, 0) is 24.1 Å². The van der Waals surface area contributed by atoms with Gasteiger partial charge in [0.05, 0.1) is 11.0 Å². The lowest BCUT2D eigenvalue weighted by Gasteiger charge is -2.19. The van der Waals surface area contributed by atoms with E-state index in [-0.39, 0.29) is 0 Å². The minimum Gasteiger partial charge on any atom is -0.338 e. The summed E-state index contributed by atoms with van der Waals surface area (Å²) in [6.07, 6.45) is 0.922. The van der Waals surface area contributed by atoms with Crippen molar-refractivity contribution < 1.29 is 8.78 Å². The monoisotopic (exact) mass is 285 g/mol. The Morgan fingerprint density at radius 1 is 1.10 bits per heavy atom. The number of imidazole rings is 1. The molecule has 0 saturated carbocycles. The van der Waals surface area contributed by atoms with Crippen LogP contribution in [-0.4, -0.2) is 16.5 Å². The first-order valence-electron chi connectivity index (χ1n) is 6.89. The number of nitrogens with zero attached hydrogens (tertiary/aromatic N) is 1. The lowest BCUT2D eigenvalue weighted by atomic mass is 9.95. The molecule has 0 spiro atoms. The number of hydrogen-bond donors (Lipinski definition) is 2. The zero-order valence-corrected chi connectivity index (χ0v) is 11.2. The molecule has 0 amide bonds. The third kappa shape index (κ3) is 2.01. The average molecular weight is 285 g/mol. The summed E-state index contributed by atoms with van der Waals surface area (Å²) in [6.45, 7) is 1.76. The van der Waals surface area contributed by atoms with E-state index in [1.807, 2.05) is 12.1 Å². The first kappa shape index (κ1) is 12.5. The second-order valence-corrected chi connectivity index (χ2v) is 5.24. The Morgan fingerprint density at radius 2 is 1.95 bits per heavy atom. The minimum absolute atomic E-state index is 0.440. The van der Waals surface area contributed by atoms with Gasteiger partial charge in [-0.1, -0.05) is 18.2 Å². The van der Waals surface area contributed by atoms with Gasteiger partial charge < -0.3 is 10.3 Å². The summed E-state index contributed by atoms with van der Waals surface area (Å²) in [5, 5.41) is 3.33. The van der Waals surface area contributed by atoms with Gasteiger partial charge in [-0.3, -0.25) is 0 Å². The zero-order chi connectivity index (χ0) is 14.4. The topological polar surface area (TPSA) is 40.7 Å². The minimum atomic E-state index is -0.875. The van der Waals surface area contributed by atoms with Gasteiger partial charge in [-0.2, -0.15) is 0 Å². The largest absolute Gasteiger partial charge is 0.338 e. The molecule has 0 saturated heterocycles. The second kappa shape index (κ2) is 4.63. The van der Waals surface area contributed by atoms with Crippen molar-refractivity contribution >= 4 is 11.0 Å². The van der Waals surface area contributed by atoms with E-state index in [1.165, 1.54) is 11.1 Å². The van der Waals surface area contributed by atoms with Crippen molar-refractivity contribution in [2.75, 3.05) is 6.54 Å². The molecule has 1 aliphatic heterocycles. The molecule has 4 rings (SSSR count). The van der Waals surface area contributed by atoms with Crippen LogP contribution in [0.25, 0.3) is 22.4 Å². The highest BCUT2D eigenvalue weighted by Gasteiger charge is 2.16. The van der Waals surface area contributed by atoms with Gasteiger partial charge in [0.15, 0.2) is 11.6 Å². The molecule has 2 N–H and O–H groups in total. The maximum atomic E-state index is 13.3. The van der Waals surface area contributed by atoms with Gasteiger partial charge in [-0.25, -0.2) is 13.8 Å². The molecule has 0 aliphatic carbocycles. The molecule has 1 aromatic heterocycles. The average Bonchev–Trinajstić information content (AvgIpc) is 2.90. The van der Waals surface area contributed by atoms with Crippen LogP contribution >= 0.6 is 0 Å². The fraction of sp³-hybridized carbons (Fsp3) is 0.188. The van der Waals surface area contributed by atoms with Crippen LogP contribution in [-0.2, 0) is 13.0 Å². The second-order valence-electron chi connectivity index (χ2n) is 5.24. The number of fused-ring (bicyclic) bond motifs is 2. The lowest BCUT2D eigenvalue weighted by Crippen LogP contribution is -2.24. The van der Waals surface area contributed by atoms with Crippen LogP contribution in [0.3, 0.4) is 0 Å². The van der Waals surface area contributed by atoms with E-state index in [0.29, 0.717) is 16.9 Å². The van der Waals surface area contributed by atoms with Crippen LogP contribution < -0.4 is 5.32 Å². The molecule has 5 heteroatoms. The Kier molecular flexibility index (Phi) is 2.75. The van der Waals surface area contributed by atoms with E-state index in [4.69, 9.17) is 0 Å². The highest BCUT2D eigenvalue weighted by Crippen LogP contribution is 2.28. The van der Waals surface area contributed by atoms with Crippen LogP contribution in [0.5, 0.6) is 0 Å². The Bertz CT molecular complexity index is 800. The number of aromatic amines is 1. The van der Waals surface area contributed by atoms with Crippen molar-refractivity contribution in [1.29, 1.82) is 0 Å². The number of H-pyrrole nitrogens is 1. The number of benzene rings is 2. The summed E-state index contributed by atoms with van der Waals surface area (Å²) >= 11 is 0. The normalized spacial score (nSPS) is 14.4. The van der Waals surface area contributed by atoms with E-state index in [9.17, 15) is 8.78 Å². The van der Waals surface area contributed by atoms with Gasteiger partial charge in [0, 0.05) is 24.2 Å². The highest BCUT2D eigenvalue weighted by molar-refractivity contribution is 5.80. The van der Waals surface area contributed by atoms with Crippen molar-refractivity contribution in [3.8, 4) is 11.4 Å². The number of hydrogen-bond acceptors (Lipinski definition) is 2. The maximum absolute atomic E-state index is 13.3. The molecule has 3 aromatic rings. The summed E-state index contributed by atoms with van der Waals surface area (Å²) in [7, 11) is 0. The van der Waals surface area contributed by atoms with Crippen LogP contribution in [0, 0.1) is 11.6 Å². The summed E-state index contributed by atoms with van der Waals surface area (Å²) in [5.74, 6) is -1.08. The highest BCUT2D eigenvalue weighted by atomic mass is 19.2. The van der Waals surface area contributed by atoms with Crippen molar-refractivity contribution in [3.63, 3.8) is 0 Å². The molecule has 0 radical (unpaired) electrons. The van der Waals surface area contributed by atoms with Gasteiger partial charge >= 0.3 is 0 Å². The van der Waals surface area contributed by atoms with Gasteiger partial charge in [0.1, 0.15) is 5.82 Å². The molecular formula is C16H13F2N3. The SMILES string of the molecule is Fc1cc2nc(-c3cccc4c3CCNC4)[nH]c2cc1F. The van der Waals surface area contributed by atoms with E-state index in [1.54, 1.807) is 0 Å². The molecule has 3 nitrogen and oxygen atoms in total. The molecule has 21 heavy (non-hydrogen) atoms. The van der Waals surface area contributed by atoms with E-state index in [2.05, 4.69) is 21.4 Å². The molecule has 106 valence electrons. The van der Waals surface area contributed by atoms with Crippen LogP contribution in [0.15, 0.2) is 30.3 Å². The van der Waals surface area contributed by atoms with E-state index in [0.717, 1.165) is 37.2 Å². The predicted molar refractivity (Wildman–Crippen MR) is 76.9 cm³/mol. The van der Waals surface area contributed by atoms with Crippen LogP contribution in [0.1, 0.15) is 11.1 Å². The van der Waals surface area contributed by atoms with E-state index < -0.39 is 11.6 Å². The standard InChI is InChI=1S/C16H13F2N3/c17-12-6-14-15(7-13(12)18)21-16(20-14)11-3-1-2-9-8-19-5-4-10(9)11/h1-3,6-7,19H,4-5,8H2,(H,20,21). The number of halogens is 2. The van der Waals surface area contributed by atoms with Crippen LogP contribution in [0.2, 0.25) is 0 Å². The molecular weight excluding hydrogens is 272 g/mol. The van der Waals surface area contributed by atoms with Crippen molar-refractivity contribution in [3.05, 3.63) is 53.1 Å². The Balaban J connectivity index is 1.91. The molecule has 1 aliphatic rings. The van der Waals surface area contributed by atoms with Gasteiger partial charge in [0.25, 0.3) is 0 Å². The van der Waals surface area contributed by atoms with Crippen LogP contribution in [0.4, 0.5) is 8.78 Å². The molecule has 0 bridgehead atoms. The van der Waals surface area contributed by atoms with Gasteiger partial charge in [-0.15, -0.1) is 0 Å². The van der Waals surface area contributed by atoms with Crippen molar-refractivity contribution in [2.45, 2.75) is 13.0 Å². The first-order valence-corrected chi connectivity index (χ1v) is 6.89. The maximum Gasteiger partial charge on any atom is 0.161 e. The van der Waals surface area contributed by atoms with Crippen molar-refractivity contribution in [2.24, 2.45) is 0 Å². The quantitative estimate of drug-likeness (QED) is 0.721. The molecule has 0 fully saturated rings. The smallest absolute Gasteiger partial charge is 0.161 e. The fourth-order valence-corrected chi connectivity index (χ4v) is 2.89. The summed E-state index contributed by atoms with van der Waals surface area (Å²) in [5.41, 5.74) is 4.45. The Morgan fingerprint density at radius 3 is 2.86 bits per heavy atom. The predicted octanol–water partition coefficient (Wildman–Crippen LogP) is 3.15. The van der Waals surface area contributed by atoms with E-state index >= 15 is 0 Å². The Hall–Kier alpha value is -2.27. The lowest BCUT2D eigenvalue weighted by molar-refractivity contribution is 0.510. The molecule has 0 unspecified atom stereocenters. The number of rotatable bonds is 1. The third-order valence-electron chi connectivity index (χ3n) is 3.92. The summed E-state index contributed by atoms with van der Waals surface area (Å²) in [6, 6.07) is 8.34.